The van der Waals surface area contributed by atoms with Gasteiger partial charge in [-0.1, -0.05) is 51.7 Å². The molecule has 0 aliphatic rings. The van der Waals surface area contributed by atoms with Crippen LogP contribution in [-0.2, 0) is 20.7 Å². The third kappa shape index (κ3) is 11.3. The summed E-state index contributed by atoms with van der Waals surface area (Å²) in [7, 11) is -3.56. The first kappa shape index (κ1) is 25.5. The molecule has 0 saturated heterocycles. The van der Waals surface area contributed by atoms with Gasteiger partial charge in [-0.05, 0) is 37.7 Å². The molecule has 1 unspecified atom stereocenters. The molecule has 0 aliphatic heterocycles. The predicted octanol–water partition coefficient (Wildman–Crippen LogP) is 4.90. The predicted molar refractivity (Wildman–Crippen MR) is 116 cm³/mol. The largest absolute Gasteiger partial charge is 0.277 e. The molecule has 0 fully saturated rings. The standard InChI is InChI=1S/C21H36N2O5S/c1-4-6-8-17-22(18-9-7-5-2)21(28-29(3,26)27)12-10-11-19-13-15-20(16-14-19)23(24)25/h13-16,21H,4-12,17-18H2,1-3H3. The van der Waals surface area contributed by atoms with Crippen LogP contribution in [0.5, 0.6) is 0 Å². The van der Waals surface area contributed by atoms with E-state index in [1.165, 1.54) is 12.1 Å². The van der Waals surface area contributed by atoms with Gasteiger partial charge >= 0.3 is 0 Å². The first-order chi connectivity index (χ1) is 13.8. The second-order valence-electron chi connectivity index (χ2n) is 7.52. The van der Waals surface area contributed by atoms with Crippen molar-refractivity contribution in [2.45, 2.75) is 77.9 Å². The van der Waals surface area contributed by atoms with E-state index in [1.54, 1.807) is 12.1 Å². The minimum atomic E-state index is -3.56. The number of non-ortho nitro benzene ring substituents is 1. The summed E-state index contributed by atoms with van der Waals surface area (Å²) < 4.78 is 29.1. The van der Waals surface area contributed by atoms with Crippen molar-refractivity contribution < 1.29 is 17.5 Å². The highest BCUT2D eigenvalue weighted by molar-refractivity contribution is 7.86. The van der Waals surface area contributed by atoms with Crippen LogP contribution in [0.25, 0.3) is 0 Å². The molecule has 29 heavy (non-hydrogen) atoms. The quantitative estimate of drug-likeness (QED) is 0.122. The number of hydrogen-bond acceptors (Lipinski definition) is 6. The van der Waals surface area contributed by atoms with Crippen molar-refractivity contribution in [1.29, 1.82) is 0 Å². The zero-order valence-electron chi connectivity index (χ0n) is 18.0. The fourth-order valence-corrected chi connectivity index (χ4v) is 3.91. The number of nitro benzene ring substituents is 1. The van der Waals surface area contributed by atoms with Crippen LogP contribution in [0, 0.1) is 10.1 Å². The Bertz CT molecular complexity index is 682. The van der Waals surface area contributed by atoms with Gasteiger partial charge in [0.05, 0.1) is 11.2 Å². The van der Waals surface area contributed by atoms with Crippen LogP contribution < -0.4 is 0 Å². The minimum absolute atomic E-state index is 0.0741. The number of benzene rings is 1. The lowest BCUT2D eigenvalue weighted by Gasteiger charge is -2.31. The Labute approximate surface area is 175 Å². The summed E-state index contributed by atoms with van der Waals surface area (Å²) in [5.74, 6) is 0. The van der Waals surface area contributed by atoms with E-state index in [0.29, 0.717) is 6.42 Å². The minimum Gasteiger partial charge on any atom is -0.277 e. The summed E-state index contributed by atoms with van der Waals surface area (Å²) in [5.41, 5.74) is 1.07. The highest BCUT2D eigenvalue weighted by Crippen LogP contribution is 2.18. The van der Waals surface area contributed by atoms with Crippen molar-refractivity contribution in [2.75, 3.05) is 19.3 Å². The lowest BCUT2D eigenvalue weighted by molar-refractivity contribution is -0.384. The van der Waals surface area contributed by atoms with E-state index >= 15 is 0 Å². The lowest BCUT2D eigenvalue weighted by atomic mass is 10.1. The molecule has 166 valence electrons. The van der Waals surface area contributed by atoms with Gasteiger partial charge in [0.15, 0.2) is 0 Å². The zero-order valence-corrected chi connectivity index (χ0v) is 18.8. The van der Waals surface area contributed by atoms with Crippen molar-refractivity contribution >= 4 is 15.8 Å². The van der Waals surface area contributed by atoms with Crippen LogP contribution >= 0.6 is 0 Å². The molecule has 1 aromatic carbocycles. The molecule has 0 amide bonds. The van der Waals surface area contributed by atoms with Gasteiger partial charge in [0.2, 0.25) is 0 Å². The third-order valence-electron chi connectivity index (χ3n) is 4.85. The van der Waals surface area contributed by atoms with Gasteiger partial charge in [0.25, 0.3) is 15.8 Å². The van der Waals surface area contributed by atoms with Crippen LogP contribution in [-0.4, -0.2) is 43.8 Å². The lowest BCUT2D eigenvalue weighted by Crippen LogP contribution is -2.40. The van der Waals surface area contributed by atoms with Crippen LogP contribution in [0.15, 0.2) is 24.3 Å². The summed E-state index contributed by atoms with van der Waals surface area (Å²) in [4.78, 5) is 12.5. The van der Waals surface area contributed by atoms with Crippen molar-refractivity contribution in [3.05, 3.63) is 39.9 Å². The van der Waals surface area contributed by atoms with E-state index in [0.717, 1.165) is 76.3 Å². The molecule has 1 aromatic rings. The molecule has 0 N–H and O–H groups in total. The normalized spacial score (nSPS) is 13.0. The average Bonchev–Trinajstić information content (AvgIpc) is 2.66. The maximum atomic E-state index is 11.8. The Morgan fingerprint density at radius 2 is 1.55 bits per heavy atom. The van der Waals surface area contributed by atoms with Gasteiger partial charge in [-0.15, -0.1) is 0 Å². The summed E-state index contributed by atoms with van der Waals surface area (Å²) in [6, 6.07) is 6.51. The van der Waals surface area contributed by atoms with Crippen LogP contribution in [0.4, 0.5) is 5.69 Å². The van der Waals surface area contributed by atoms with Gasteiger partial charge in [-0.2, -0.15) is 8.42 Å². The monoisotopic (exact) mass is 428 g/mol. The van der Waals surface area contributed by atoms with Crippen LogP contribution in [0.3, 0.4) is 0 Å². The second kappa shape index (κ2) is 13.7. The molecule has 0 spiro atoms. The Balaban J connectivity index is 2.74. The van der Waals surface area contributed by atoms with E-state index in [4.69, 9.17) is 4.18 Å². The highest BCUT2D eigenvalue weighted by atomic mass is 32.2. The van der Waals surface area contributed by atoms with E-state index in [1.807, 2.05) is 0 Å². The third-order valence-corrected chi connectivity index (χ3v) is 5.43. The molecule has 0 saturated carbocycles. The Morgan fingerprint density at radius 1 is 1.00 bits per heavy atom. The summed E-state index contributed by atoms with van der Waals surface area (Å²) >= 11 is 0. The summed E-state index contributed by atoms with van der Waals surface area (Å²) in [6.07, 6.45) is 9.20. The molecule has 0 radical (unpaired) electrons. The molecule has 0 aliphatic carbocycles. The Hall–Kier alpha value is -1.51. The Morgan fingerprint density at radius 3 is 2.00 bits per heavy atom. The van der Waals surface area contributed by atoms with Crippen molar-refractivity contribution in [3.63, 3.8) is 0 Å². The molecule has 1 rings (SSSR count). The van der Waals surface area contributed by atoms with E-state index in [9.17, 15) is 18.5 Å². The van der Waals surface area contributed by atoms with Crippen molar-refractivity contribution in [2.24, 2.45) is 0 Å². The first-order valence-corrected chi connectivity index (χ1v) is 12.4. The molecule has 1 atom stereocenters. The van der Waals surface area contributed by atoms with E-state index in [2.05, 4.69) is 18.7 Å². The van der Waals surface area contributed by atoms with Gasteiger partial charge in [0, 0.05) is 25.2 Å². The fourth-order valence-electron chi connectivity index (χ4n) is 3.29. The molecule has 7 nitrogen and oxygen atoms in total. The van der Waals surface area contributed by atoms with E-state index in [-0.39, 0.29) is 5.69 Å². The second-order valence-corrected chi connectivity index (χ2v) is 9.12. The summed E-state index contributed by atoms with van der Waals surface area (Å²) in [6.45, 7) is 5.96. The molecule has 8 heteroatoms. The fraction of sp³-hybridized carbons (Fsp3) is 0.714. The van der Waals surface area contributed by atoms with Crippen molar-refractivity contribution in [3.8, 4) is 0 Å². The molecular formula is C21H36N2O5S. The topological polar surface area (TPSA) is 89.8 Å². The molecule has 0 aromatic heterocycles. The average molecular weight is 429 g/mol. The van der Waals surface area contributed by atoms with Gasteiger partial charge in [-0.25, -0.2) is 0 Å². The number of nitrogens with zero attached hydrogens (tertiary/aromatic N) is 2. The molecular weight excluding hydrogens is 392 g/mol. The van der Waals surface area contributed by atoms with Crippen LogP contribution in [0.2, 0.25) is 0 Å². The number of unbranched alkanes of at least 4 members (excludes halogenated alkanes) is 4. The highest BCUT2D eigenvalue weighted by Gasteiger charge is 2.22. The Kier molecular flexibility index (Phi) is 12.0. The van der Waals surface area contributed by atoms with E-state index < -0.39 is 21.3 Å². The van der Waals surface area contributed by atoms with Crippen LogP contribution in [0.1, 0.15) is 70.8 Å². The zero-order chi connectivity index (χ0) is 21.7. The maximum absolute atomic E-state index is 11.8. The molecule has 0 heterocycles. The number of rotatable bonds is 16. The van der Waals surface area contributed by atoms with Crippen molar-refractivity contribution in [1.82, 2.24) is 4.90 Å². The maximum Gasteiger partial charge on any atom is 0.269 e. The van der Waals surface area contributed by atoms with Gasteiger partial charge in [0.1, 0.15) is 6.23 Å². The number of nitro groups is 1. The van der Waals surface area contributed by atoms with Gasteiger partial charge < -0.3 is 0 Å². The number of aryl methyl sites for hydroxylation is 1. The molecule has 0 bridgehead atoms. The first-order valence-electron chi connectivity index (χ1n) is 10.6. The SMILES string of the molecule is CCCCCN(CCCCC)C(CCCc1ccc([N+](=O)[O-])cc1)OS(C)(=O)=O. The smallest absolute Gasteiger partial charge is 0.269 e. The number of hydrogen-bond donors (Lipinski definition) is 0. The van der Waals surface area contributed by atoms with Gasteiger partial charge in [-0.3, -0.25) is 19.2 Å². The summed E-state index contributed by atoms with van der Waals surface area (Å²) in [5, 5.41) is 10.8.